The standard InChI is InChI=1S/C51H43Si.3ClH.Ti/c1-36-37(2)39(4)51(38(36)3)52(48-28-18-9-19-29-48,49-32-44(40-20-10-5-11-21-40)30-45(33-49)41-22-12-6-13-23-41)50-34-46(42-24-14-7-15-25-42)31-47(35-50)43-26-16-8-17-27-43;;;;/h5-35H,1-4H3;3*1H;/q;;;;+3/p-3. The second kappa shape index (κ2) is 18.0. The zero-order chi connectivity index (χ0) is 36.6. The van der Waals surface area contributed by atoms with Gasteiger partial charge in [-0.25, -0.2) is 0 Å². The van der Waals surface area contributed by atoms with Crippen LogP contribution in [0.3, 0.4) is 0 Å². The van der Waals surface area contributed by atoms with Gasteiger partial charge in [0.2, 0.25) is 0 Å². The smallest absolute Gasteiger partial charge is 1.00 e. The first-order valence-electron chi connectivity index (χ1n) is 18.5. The molecule has 0 radical (unpaired) electrons. The number of benzene rings is 7. The maximum absolute atomic E-state index is 3.10. The first-order valence-corrected chi connectivity index (χ1v) is 21.3. The van der Waals surface area contributed by atoms with E-state index in [0.29, 0.717) is 0 Å². The minimum atomic E-state index is -3.10. The summed E-state index contributed by atoms with van der Waals surface area (Å²) in [6, 6.07) is 70.3. The third-order valence-electron chi connectivity index (χ3n) is 11.7. The summed E-state index contributed by atoms with van der Waals surface area (Å²) < 4.78 is -0.269. The van der Waals surface area contributed by atoms with Crippen LogP contribution < -0.4 is 52.8 Å². The van der Waals surface area contributed by atoms with Crippen molar-refractivity contribution in [1.29, 1.82) is 0 Å². The molecule has 1 aliphatic carbocycles. The maximum atomic E-state index is 2.58. The number of allylic oxidation sites excluding steroid dienone is 4. The van der Waals surface area contributed by atoms with E-state index in [4.69, 9.17) is 0 Å². The zero-order valence-corrected chi connectivity index (χ0v) is 36.9. The van der Waals surface area contributed by atoms with Gasteiger partial charge < -0.3 is 37.2 Å². The molecule has 8 rings (SSSR count). The van der Waals surface area contributed by atoms with Gasteiger partial charge in [-0.2, -0.15) is 0 Å². The molecule has 0 N–H and O–H groups in total. The van der Waals surface area contributed by atoms with Crippen molar-refractivity contribution in [2.75, 3.05) is 0 Å². The molecular formula is C51H43Cl3SiTi. The van der Waals surface area contributed by atoms with E-state index < -0.39 is 8.07 Å². The Bertz CT molecular complexity index is 2210. The summed E-state index contributed by atoms with van der Waals surface area (Å²) in [7, 11) is -3.10. The minimum Gasteiger partial charge on any atom is -1.00 e. The Hall–Kier alpha value is -4.18. The van der Waals surface area contributed by atoms with Gasteiger partial charge in [0.25, 0.3) is 0 Å². The van der Waals surface area contributed by atoms with Gasteiger partial charge in [-0.05, 0) is 0 Å². The molecule has 0 spiro atoms. The second-order valence-electron chi connectivity index (χ2n) is 14.4. The summed E-state index contributed by atoms with van der Waals surface area (Å²) in [5, 5.41) is 4.24. The Balaban J connectivity index is 0.00000200. The van der Waals surface area contributed by atoms with Crippen molar-refractivity contribution in [3.8, 4) is 44.5 Å². The third kappa shape index (κ3) is 7.38. The molecule has 5 heteroatoms. The number of rotatable bonds is 8. The molecule has 0 nitrogen and oxygen atoms in total. The van der Waals surface area contributed by atoms with Crippen molar-refractivity contribution in [2.24, 2.45) is 0 Å². The Morgan fingerprint density at radius 1 is 0.321 bits per heavy atom. The van der Waals surface area contributed by atoms with Gasteiger partial charge in [0, 0.05) is 0 Å². The van der Waals surface area contributed by atoms with E-state index >= 15 is 0 Å². The zero-order valence-electron chi connectivity index (χ0n) is 32.0. The van der Waals surface area contributed by atoms with Crippen molar-refractivity contribution in [3.63, 3.8) is 0 Å². The number of hydrogen-bond acceptors (Lipinski definition) is 0. The van der Waals surface area contributed by atoms with Gasteiger partial charge in [0.15, 0.2) is 0 Å². The van der Waals surface area contributed by atoms with Crippen molar-refractivity contribution < 1.29 is 57.7 Å². The molecule has 1 aliphatic rings. The molecule has 0 aromatic heterocycles. The SMILES string of the molecule is CC1=C(C)[C]([Ti+3])([Si](c2ccccc2)(c2cc(-c3ccccc3)cc(-c3ccccc3)c2)c2cc(-c3ccccc3)cc(-c3ccccc3)c2)C(C)=C1C.[Cl-].[Cl-].[Cl-]. The van der Waals surface area contributed by atoms with E-state index in [1.54, 1.807) is 0 Å². The number of hydrogen-bond donors (Lipinski definition) is 0. The number of halogens is 3. The monoisotopic (exact) mass is 836 g/mol. The van der Waals surface area contributed by atoms with Crippen LogP contribution >= 0.6 is 0 Å². The van der Waals surface area contributed by atoms with E-state index in [2.05, 4.69) is 236 Å². The fourth-order valence-corrected chi connectivity index (χ4v) is 17.3. The first kappa shape index (κ1) is 43.0. The maximum Gasteiger partial charge on any atom is -1.00 e. The molecule has 0 fully saturated rings. The Morgan fingerprint density at radius 2 is 0.571 bits per heavy atom. The Kier molecular flexibility index (Phi) is 13.8. The predicted octanol–water partition coefficient (Wildman–Crippen LogP) is 2.77. The fourth-order valence-electron chi connectivity index (χ4n) is 8.68. The molecule has 0 saturated heterocycles. The van der Waals surface area contributed by atoms with Crippen LogP contribution in [0.15, 0.2) is 210 Å². The van der Waals surface area contributed by atoms with Crippen LogP contribution in [0.5, 0.6) is 0 Å². The van der Waals surface area contributed by atoms with E-state index in [0.717, 1.165) is 0 Å². The summed E-state index contributed by atoms with van der Waals surface area (Å²) in [4.78, 5) is 0. The van der Waals surface area contributed by atoms with Crippen LogP contribution in [0.2, 0.25) is 3.34 Å². The molecule has 56 heavy (non-hydrogen) atoms. The van der Waals surface area contributed by atoms with Gasteiger partial charge in [0.1, 0.15) is 0 Å². The van der Waals surface area contributed by atoms with Crippen molar-refractivity contribution in [2.45, 2.75) is 31.0 Å². The van der Waals surface area contributed by atoms with Crippen molar-refractivity contribution in [1.82, 2.24) is 0 Å². The molecule has 7 aromatic rings. The summed E-state index contributed by atoms with van der Waals surface area (Å²) in [5.41, 5.74) is 15.7. The van der Waals surface area contributed by atoms with Gasteiger partial charge in [-0.1, -0.05) is 0 Å². The quantitative estimate of drug-likeness (QED) is 0.164. The molecule has 0 unspecified atom stereocenters. The van der Waals surface area contributed by atoms with E-state index in [9.17, 15) is 0 Å². The minimum absolute atomic E-state index is 0. The van der Waals surface area contributed by atoms with Gasteiger partial charge >= 0.3 is 330 Å². The Labute approximate surface area is 364 Å². The van der Waals surface area contributed by atoms with Crippen LogP contribution in [-0.4, -0.2) is 8.07 Å². The van der Waals surface area contributed by atoms with Gasteiger partial charge in [-0.3, -0.25) is 0 Å². The normalized spacial score (nSPS) is 13.4. The molecule has 276 valence electrons. The third-order valence-corrected chi connectivity index (χ3v) is 20.1. The topological polar surface area (TPSA) is 0 Å². The summed E-state index contributed by atoms with van der Waals surface area (Å²) in [6.07, 6.45) is 0. The van der Waals surface area contributed by atoms with Crippen LogP contribution in [0.4, 0.5) is 0 Å². The Morgan fingerprint density at radius 3 is 0.839 bits per heavy atom. The van der Waals surface area contributed by atoms with Gasteiger partial charge in [0.05, 0.1) is 0 Å². The largest absolute Gasteiger partial charge is 1.00 e. The van der Waals surface area contributed by atoms with Gasteiger partial charge in [-0.15, -0.1) is 0 Å². The molecule has 7 aromatic carbocycles. The summed E-state index contributed by atoms with van der Waals surface area (Å²) in [5.74, 6) is 0. The summed E-state index contributed by atoms with van der Waals surface area (Å²) >= 11 is 2.58. The molecule has 0 bridgehead atoms. The molecular weight excluding hydrogens is 795 g/mol. The fraction of sp³-hybridized carbons (Fsp3) is 0.0980. The van der Waals surface area contributed by atoms with Crippen LogP contribution in [0.1, 0.15) is 27.7 Å². The second-order valence-corrected chi connectivity index (χ2v) is 20.4. The predicted molar refractivity (Wildman–Crippen MR) is 225 cm³/mol. The first-order chi connectivity index (χ1) is 25.8. The molecule has 0 saturated carbocycles. The van der Waals surface area contributed by atoms with E-state index in [1.807, 2.05) is 0 Å². The van der Waals surface area contributed by atoms with Crippen LogP contribution in [-0.2, 0) is 20.4 Å². The van der Waals surface area contributed by atoms with Crippen LogP contribution in [0.25, 0.3) is 44.5 Å². The summed E-state index contributed by atoms with van der Waals surface area (Å²) in [6.45, 7) is 9.51. The molecule has 0 atom stereocenters. The average molecular weight is 838 g/mol. The average Bonchev–Trinajstić information content (AvgIpc) is 3.38. The van der Waals surface area contributed by atoms with Crippen molar-refractivity contribution >= 4 is 23.6 Å². The van der Waals surface area contributed by atoms with Crippen LogP contribution in [0, 0.1) is 0 Å². The molecule has 0 amide bonds. The molecule has 0 heterocycles. The molecule has 0 aliphatic heterocycles. The van der Waals surface area contributed by atoms with E-state index in [1.165, 1.54) is 82.4 Å². The van der Waals surface area contributed by atoms with Crippen molar-refractivity contribution in [3.05, 3.63) is 210 Å². The van der Waals surface area contributed by atoms with E-state index in [-0.39, 0.29) is 40.6 Å².